The lowest BCUT2D eigenvalue weighted by molar-refractivity contribution is 0.0756. The van der Waals surface area contributed by atoms with Gasteiger partial charge in [-0.05, 0) is 73.7 Å². The van der Waals surface area contributed by atoms with Crippen LogP contribution >= 0.6 is 0 Å². The van der Waals surface area contributed by atoms with Crippen molar-refractivity contribution in [3.05, 3.63) is 71.2 Å². The number of fused-ring (bicyclic) bond motifs is 2. The zero-order chi connectivity index (χ0) is 32.3. The summed E-state index contributed by atoms with van der Waals surface area (Å²) in [4.78, 5) is 37.7. The van der Waals surface area contributed by atoms with E-state index >= 15 is 0 Å². The number of aromatic hydroxyl groups is 1. The average Bonchev–Trinajstić information content (AvgIpc) is 3.70. The number of carbonyl (C=O) groups is 1. The van der Waals surface area contributed by atoms with E-state index in [-0.39, 0.29) is 17.2 Å². The topological polar surface area (TPSA) is 130 Å². The molecule has 2 aliphatic heterocycles. The second-order valence-corrected chi connectivity index (χ2v) is 13.1. The highest BCUT2D eigenvalue weighted by molar-refractivity contribution is 5.94. The number of likely N-dealkylation sites (N-methyl/N-ethyl adjacent to an activating group) is 1. The predicted octanol–water partition coefficient (Wildman–Crippen LogP) is 4.73. The standard InChI is InChI=1S/C35H38FN9O2/c1-3-21-16-30(46)25(36)17-24(21)22-5-6-23-28(15-22)41-42-32(23)33-39-26-7-13-44(14-8-27(26)40-33)34(47)29-18-38-31(19-37-29)45-12-4-11-43(2)35(20-45)9-10-35/h5-6,15-19,46H,3-4,7-14,20H2,1-2H3,(H,39,40)(H,41,42). The van der Waals surface area contributed by atoms with Crippen molar-refractivity contribution in [2.24, 2.45) is 0 Å². The maximum absolute atomic E-state index is 14.2. The highest BCUT2D eigenvalue weighted by Crippen LogP contribution is 2.43. The van der Waals surface area contributed by atoms with Gasteiger partial charge < -0.3 is 19.9 Å². The third-order valence-electron chi connectivity index (χ3n) is 10.3. The number of hydrogen-bond donors (Lipinski definition) is 3. The number of halogens is 1. The van der Waals surface area contributed by atoms with Crippen LogP contribution in [0.25, 0.3) is 33.5 Å². The fourth-order valence-corrected chi connectivity index (χ4v) is 7.24. The summed E-state index contributed by atoms with van der Waals surface area (Å²) in [6.45, 7) is 6.06. The Bertz CT molecular complexity index is 1960. The van der Waals surface area contributed by atoms with Gasteiger partial charge in [-0.1, -0.05) is 13.0 Å². The van der Waals surface area contributed by atoms with Crippen molar-refractivity contribution in [2.45, 2.75) is 51.0 Å². The molecule has 2 fully saturated rings. The molecule has 3 aliphatic rings. The molecule has 5 aromatic rings. The lowest BCUT2D eigenvalue weighted by Gasteiger charge is -2.29. The Morgan fingerprint density at radius 1 is 1.06 bits per heavy atom. The first-order valence-corrected chi connectivity index (χ1v) is 16.5. The number of hydrogen-bond acceptors (Lipinski definition) is 8. The third kappa shape index (κ3) is 5.30. The monoisotopic (exact) mass is 635 g/mol. The van der Waals surface area contributed by atoms with E-state index < -0.39 is 5.82 Å². The van der Waals surface area contributed by atoms with Crippen LogP contribution in [-0.4, -0.2) is 96.3 Å². The van der Waals surface area contributed by atoms with Gasteiger partial charge in [0.1, 0.15) is 17.2 Å². The minimum absolute atomic E-state index is 0.113. The van der Waals surface area contributed by atoms with E-state index in [4.69, 9.17) is 4.98 Å². The summed E-state index contributed by atoms with van der Waals surface area (Å²) in [6, 6.07) is 8.71. The van der Waals surface area contributed by atoms with Crippen LogP contribution in [0.2, 0.25) is 0 Å². The molecule has 242 valence electrons. The van der Waals surface area contributed by atoms with Gasteiger partial charge in [0, 0.05) is 62.2 Å². The Kier molecular flexibility index (Phi) is 7.20. The van der Waals surface area contributed by atoms with Crippen LogP contribution in [0.4, 0.5) is 10.2 Å². The number of nitrogens with one attached hydrogen (secondary N) is 2. The van der Waals surface area contributed by atoms with E-state index in [1.165, 1.54) is 25.0 Å². The van der Waals surface area contributed by atoms with Crippen LogP contribution in [0.1, 0.15) is 53.6 Å². The van der Waals surface area contributed by atoms with Crippen LogP contribution in [0.15, 0.2) is 42.7 Å². The normalized spacial score (nSPS) is 17.9. The van der Waals surface area contributed by atoms with Gasteiger partial charge in [0.2, 0.25) is 0 Å². The summed E-state index contributed by atoms with van der Waals surface area (Å²) in [7, 11) is 2.22. The highest BCUT2D eigenvalue weighted by atomic mass is 19.1. The molecule has 1 spiro atoms. The predicted molar refractivity (Wildman–Crippen MR) is 177 cm³/mol. The Hall–Kier alpha value is -4.84. The SMILES string of the molecule is CCc1cc(O)c(F)cc1-c1ccc2c(-c3nc4c([nH]3)CCN(C(=O)c3cnc(N5CCCN(C)C6(CC6)C5)cn3)CC4)n[nH]c2c1. The van der Waals surface area contributed by atoms with E-state index in [1.807, 2.05) is 30.0 Å². The van der Waals surface area contributed by atoms with Gasteiger partial charge in [-0.15, -0.1) is 0 Å². The number of carbonyl (C=O) groups excluding carboxylic acids is 1. The first-order chi connectivity index (χ1) is 22.8. The number of anilines is 1. The van der Waals surface area contributed by atoms with Crippen LogP contribution in [-0.2, 0) is 19.3 Å². The number of phenols is 1. The minimum Gasteiger partial charge on any atom is -0.505 e. The zero-order valence-electron chi connectivity index (χ0n) is 26.7. The number of phenolic OH excluding ortho intramolecular Hbond substituents is 1. The first kappa shape index (κ1) is 29.6. The summed E-state index contributed by atoms with van der Waals surface area (Å²) in [5.74, 6) is 0.415. The van der Waals surface area contributed by atoms with E-state index in [0.717, 1.165) is 70.9 Å². The number of imidazole rings is 1. The molecular weight excluding hydrogens is 597 g/mol. The van der Waals surface area contributed by atoms with Crippen molar-refractivity contribution in [2.75, 3.05) is 44.7 Å². The van der Waals surface area contributed by atoms with Gasteiger partial charge in [0.15, 0.2) is 17.4 Å². The molecule has 2 aromatic carbocycles. The van der Waals surface area contributed by atoms with E-state index in [2.05, 4.69) is 42.0 Å². The van der Waals surface area contributed by atoms with E-state index in [1.54, 1.807) is 12.4 Å². The smallest absolute Gasteiger partial charge is 0.274 e. The van der Waals surface area contributed by atoms with Crippen molar-refractivity contribution >= 4 is 22.6 Å². The van der Waals surface area contributed by atoms with Gasteiger partial charge in [0.25, 0.3) is 5.91 Å². The van der Waals surface area contributed by atoms with Gasteiger partial charge in [-0.2, -0.15) is 5.10 Å². The molecule has 1 aliphatic carbocycles. The van der Waals surface area contributed by atoms with Gasteiger partial charge >= 0.3 is 0 Å². The fourth-order valence-electron chi connectivity index (χ4n) is 7.24. The van der Waals surface area contributed by atoms with Crippen molar-refractivity contribution < 1.29 is 14.3 Å². The molecule has 0 atom stereocenters. The third-order valence-corrected chi connectivity index (χ3v) is 10.3. The Labute approximate surface area is 271 Å². The summed E-state index contributed by atoms with van der Waals surface area (Å²) in [5, 5.41) is 18.4. The second-order valence-electron chi connectivity index (χ2n) is 13.1. The van der Waals surface area contributed by atoms with Crippen LogP contribution < -0.4 is 4.90 Å². The lowest BCUT2D eigenvalue weighted by Crippen LogP contribution is -2.41. The maximum Gasteiger partial charge on any atom is 0.274 e. The molecule has 12 heteroatoms. The molecule has 1 saturated heterocycles. The fraction of sp³-hybridized carbons (Fsp3) is 0.400. The molecule has 47 heavy (non-hydrogen) atoms. The first-order valence-electron chi connectivity index (χ1n) is 16.5. The minimum atomic E-state index is -0.645. The largest absolute Gasteiger partial charge is 0.505 e. The van der Waals surface area contributed by atoms with E-state index in [0.29, 0.717) is 49.6 Å². The lowest BCUT2D eigenvalue weighted by atomic mass is 9.96. The average molecular weight is 636 g/mol. The van der Waals surface area contributed by atoms with Crippen molar-refractivity contribution in [3.63, 3.8) is 0 Å². The molecule has 5 heterocycles. The Balaban J connectivity index is 0.956. The number of nitrogens with zero attached hydrogens (tertiary/aromatic N) is 7. The van der Waals surface area contributed by atoms with Crippen molar-refractivity contribution in [1.82, 2.24) is 39.9 Å². The number of benzene rings is 2. The molecule has 1 saturated carbocycles. The molecular formula is C35H38FN9O2. The summed E-state index contributed by atoms with van der Waals surface area (Å²) in [5.41, 5.74) is 6.51. The number of aromatic amines is 2. The van der Waals surface area contributed by atoms with Crippen LogP contribution in [0.3, 0.4) is 0 Å². The molecule has 0 bridgehead atoms. The maximum atomic E-state index is 14.2. The number of aromatic nitrogens is 6. The molecule has 8 rings (SSSR count). The van der Waals surface area contributed by atoms with E-state index in [9.17, 15) is 14.3 Å². The molecule has 0 radical (unpaired) electrons. The highest BCUT2D eigenvalue weighted by Gasteiger charge is 2.48. The number of H-pyrrole nitrogens is 2. The summed E-state index contributed by atoms with van der Waals surface area (Å²) in [6.07, 6.45) is 8.84. The van der Waals surface area contributed by atoms with Crippen molar-refractivity contribution in [3.8, 4) is 28.4 Å². The number of rotatable bonds is 5. The summed E-state index contributed by atoms with van der Waals surface area (Å²) >= 11 is 0. The van der Waals surface area contributed by atoms with Gasteiger partial charge in [-0.25, -0.2) is 19.3 Å². The number of amides is 1. The quantitative estimate of drug-likeness (QED) is 0.253. The van der Waals surface area contributed by atoms with Crippen molar-refractivity contribution in [1.29, 1.82) is 0 Å². The molecule has 3 N–H and O–H groups in total. The zero-order valence-corrected chi connectivity index (χ0v) is 26.7. The molecule has 1 amide bonds. The summed E-state index contributed by atoms with van der Waals surface area (Å²) < 4.78 is 14.2. The number of aryl methyl sites for hydroxylation is 1. The van der Waals surface area contributed by atoms with Gasteiger partial charge in [0.05, 0.1) is 23.6 Å². The Morgan fingerprint density at radius 2 is 1.91 bits per heavy atom. The van der Waals surface area contributed by atoms with Crippen LogP contribution in [0, 0.1) is 5.82 Å². The molecule has 0 unspecified atom stereocenters. The second kappa shape index (κ2) is 11.4. The molecule has 3 aromatic heterocycles. The van der Waals surface area contributed by atoms with Crippen LogP contribution in [0.5, 0.6) is 5.75 Å². The molecule has 11 nitrogen and oxygen atoms in total. The Morgan fingerprint density at radius 3 is 2.70 bits per heavy atom. The van der Waals surface area contributed by atoms with Gasteiger partial charge in [-0.3, -0.25) is 14.8 Å².